The molecule has 1 aromatic carbocycles. The maximum Gasteiger partial charge on any atom is 0.242 e. The first kappa shape index (κ1) is 14.9. The van der Waals surface area contributed by atoms with Crippen molar-refractivity contribution in [1.82, 2.24) is 10.3 Å². The van der Waals surface area contributed by atoms with E-state index in [0.29, 0.717) is 0 Å². The van der Waals surface area contributed by atoms with Crippen LogP contribution in [0.5, 0.6) is 5.75 Å². The molecule has 2 heterocycles. The third-order valence-electron chi connectivity index (χ3n) is 3.42. The molecule has 3 rings (SSSR count). The summed E-state index contributed by atoms with van der Waals surface area (Å²) in [6.45, 7) is 0. The fraction of sp³-hybridized carbons (Fsp3) is 0.250. The fourth-order valence-corrected chi connectivity index (χ4v) is 3.50. The molecule has 6 heteroatoms. The van der Waals surface area contributed by atoms with E-state index in [2.05, 4.69) is 15.6 Å². The largest absolute Gasteiger partial charge is 0.497 e. The summed E-state index contributed by atoms with van der Waals surface area (Å²) in [6, 6.07) is 11.0. The molecular weight excluding hydrogens is 298 g/mol. The number of hydrogen-bond donors (Lipinski definition) is 2. The minimum absolute atomic E-state index is 0.0351. The Bertz CT molecular complexity index is 651. The van der Waals surface area contributed by atoms with Crippen molar-refractivity contribution in [2.75, 3.05) is 18.2 Å². The van der Waals surface area contributed by atoms with Gasteiger partial charge in [0, 0.05) is 29.9 Å². The SMILES string of the molecule is COc1cccc(NC(=O)C2CSC(c3cccnc3)N2)c1. The Labute approximate surface area is 133 Å². The molecule has 0 bridgehead atoms. The van der Waals surface area contributed by atoms with Crippen LogP contribution in [0, 0.1) is 0 Å². The van der Waals surface area contributed by atoms with Gasteiger partial charge in [-0.3, -0.25) is 15.1 Å². The standard InChI is InChI=1S/C16H17N3O2S/c1-21-13-6-2-5-12(8-13)18-15(20)14-10-22-16(19-14)11-4-3-7-17-9-11/h2-9,14,16,19H,10H2,1H3,(H,18,20). The molecule has 2 atom stereocenters. The van der Waals surface area contributed by atoms with Gasteiger partial charge in [0.05, 0.1) is 18.5 Å². The first-order valence-corrected chi connectivity index (χ1v) is 8.03. The van der Waals surface area contributed by atoms with Crippen molar-refractivity contribution in [1.29, 1.82) is 0 Å². The Morgan fingerprint density at radius 2 is 2.32 bits per heavy atom. The number of benzene rings is 1. The van der Waals surface area contributed by atoms with Gasteiger partial charge in [-0.05, 0) is 23.8 Å². The molecule has 1 aromatic heterocycles. The van der Waals surface area contributed by atoms with Gasteiger partial charge in [0.15, 0.2) is 0 Å². The van der Waals surface area contributed by atoms with Crippen molar-refractivity contribution in [3.05, 3.63) is 54.4 Å². The summed E-state index contributed by atoms with van der Waals surface area (Å²) < 4.78 is 5.16. The zero-order valence-electron chi connectivity index (χ0n) is 12.2. The Morgan fingerprint density at radius 3 is 3.09 bits per heavy atom. The lowest BCUT2D eigenvalue weighted by molar-refractivity contribution is -0.117. The van der Waals surface area contributed by atoms with E-state index in [9.17, 15) is 4.79 Å². The second-order valence-electron chi connectivity index (χ2n) is 4.94. The maximum atomic E-state index is 12.3. The van der Waals surface area contributed by atoms with Crippen LogP contribution in [0.15, 0.2) is 48.8 Å². The van der Waals surface area contributed by atoms with Crippen LogP contribution in [0.3, 0.4) is 0 Å². The van der Waals surface area contributed by atoms with Gasteiger partial charge in [-0.25, -0.2) is 0 Å². The normalized spacial score (nSPS) is 20.6. The molecule has 5 nitrogen and oxygen atoms in total. The van der Waals surface area contributed by atoms with E-state index in [-0.39, 0.29) is 17.3 Å². The van der Waals surface area contributed by atoms with Crippen LogP contribution in [0.2, 0.25) is 0 Å². The second-order valence-corrected chi connectivity index (χ2v) is 6.08. The van der Waals surface area contributed by atoms with E-state index in [1.807, 2.05) is 36.5 Å². The van der Waals surface area contributed by atoms with Crippen molar-refractivity contribution < 1.29 is 9.53 Å². The third kappa shape index (κ3) is 3.40. The van der Waals surface area contributed by atoms with Crippen LogP contribution in [-0.2, 0) is 4.79 Å². The number of hydrogen-bond acceptors (Lipinski definition) is 5. The Hall–Kier alpha value is -2.05. The number of anilines is 1. The molecule has 0 spiro atoms. The van der Waals surface area contributed by atoms with E-state index >= 15 is 0 Å². The molecule has 22 heavy (non-hydrogen) atoms. The highest BCUT2D eigenvalue weighted by molar-refractivity contribution is 7.99. The number of carbonyl (C=O) groups excluding carboxylic acids is 1. The minimum atomic E-state index is -0.221. The summed E-state index contributed by atoms with van der Waals surface area (Å²) in [5, 5.41) is 6.36. The van der Waals surface area contributed by atoms with E-state index in [1.165, 1.54) is 0 Å². The van der Waals surface area contributed by atoms with E-state index in [0.717, 1.165) is 22.8 Å². The van der Waals surface area contributed by atoms with Gasteiger partial charge < -0.3 is 10.1 Å². The molecule has 0 radical (unpaired) electrons. The van der Waals surface area contributed by atoms with Gasteiger partial charge in [-0.15, -0.1) is 11.8 Å². The van der Waals surface area contributed by atoms with E-state index < -0.39 is 0 Å². The van der Waals surface area contributed by atoms with Gasteiger partial charge in [-0.1, -0.05) is 12.1 Å². The number of rotatable bonds is 4. The number of thioether (sulfide) groups is 1. The predicted octanol–water partition coefficient (Wildman–Crippen LogP) is 2.43. The monoisotopic (exact) mass is 315 g/mol. The molecule has 1 aliphatic rings. The average molecular weight is 315 g/mol. The van der Waals surface area contributed by atoms with Crippen LogP contribution in [0.4, 0.5) is 5.69 Å². The lowest BCUT2D eigenvalue weighted by atomic mass is 10.2. The van der Waals surface area contributed by atoms with Gasteiger partial charge >= 0.3 is 0 Å². The number of aromatic nitrogens is 1. The lowest BCUT2D eigenvalue weighted by Crippen LogP contribution is -2.38. The number of amides is 1. The first-order chi connectivity index (χ1) is 10.8. The summed E-state index contributed by atoms with van der Waals surface area (Å²) in [5.74, 6) is 1.42. The molecule has 1 saturated heterocycles. The van der Waals surface area contributed by atoms with Crippen molar-refractivity contribution in [2.45, 2.75) is 11.4 Å². The van der Waals surface area contributed by atoms with E-state index in [1.54, 1.807) is 31.1 Å². The van der Waals surface area contributed by atoms with Crippen molar-refractivity contribution in [2.24, 2.45) is 0 Å². The summed E-state index contributed by atoms with van der Waals surface area (Å²) in [6.07, 6.45) is 3.57. The van der Waals surface area contributed by atoms with Crippen molar-refractivity contribution in [3.8, 4) is 5.75 Å². The predicted molar refractivity (Wildman–Crippen MR) is 88.0 cm³/mol. The smallest absolute Gasteiger partial charge is 0.242 e. The summed E-state index contributed by atoms with van der Waals surface area (Å²) in [4.78, 5) is 16.5. The second kappa shape index (κ2) is 6.81. The van der Waals surface area contributed by atoms with Crippen LogP contribution in [-0.4, -0.2) is 29.8 Å². The van der Waals surface area contributed by atoms with Crippen LogP contribution in [0.25, 0.3) is 0 Å². The molecule has 0 aliphatic carbocycles. The molecule has 1 aliphatic heterocycles. The fourth-order valence-electron chi connectivity index (χ4n) is 2.28. The van der Waals surface area contributed by atoms with Gasteiger partial charge in [0.25, 0.3) is 0 Å². The molecule has 0 saturated carbocycles. The lowest BCUT2D eigenvalue weighted by Gasteiger charge is -2.14. The first-order valence-electron chi connectivity index (χ1n) is 6.99. The average Bonchev–Trinajstić information content (AvgIpc) is 3.06. The number of ether oxygens (including phenoxy) is 1. The van der Waals surface area contributed by atoms with E-state index in [4.69, 9.17) is 4.74 Å². The number of nitrogens with one attached hydrogen (secondary N) is 2. The molecule has 114 valence electrons. The quantitative estimate of drug-likeness (QED) is 0.907. The molecule has 2 N–H and O–H groups in total. The Kier molecular flexibility index (Phi) is 4.60. The molecule has 1 fully saturated rings. The summed E-state index contributed by atoms with van der Waals surface area (Å²) in [5.41, 5.74) is 1.82. The topological polar surface area (TPSA) is 63.2 Å². The van der Waals surface area contributed by atoms with Crippen molar-refractivity contribution in [3.63, 3.8) is 0 Å². The van der Waals surface area contributed by atoms with Gasteiger partial charge in [-0.2, -0.15) is 0 Å². The zero-order valence-corrected chi connectivity index (χ0v) is 13.0. The number of nitrogens with zero attached hydrogens (tertiary/aromatic N) is 1. The third-order valence-corrected chi connectivity index (χ3v) is 4.69. The number of methoxy groups -OCH3 is 1. The summed E-state index contributed by atoms with van der Waals surface area (Å²) in [7, 11) is 1.61. The molecule has 2 aromatic rings. The Balaban J connectivity index is 1.62. The number of pyridine rings is 1. The highest BCUT2D eigenvalue weighted by Crippen LogP contribution is 2.32. The Morgan fingerprint density at radius 1 is 1.41 bits per heavy atom. The number of carbonyl (C=O) groups is 1. The highest BCUT2D eigenvalue weighted by Gasteiger charge is 2.30. The maximum absolute atomic E-state index is 12.3. The van der Waals surface area contributed by atoms with Crippen LogP contribution in [0.1, 0.15) is 10.9 Å². The minimum Gasteiger partial charge on any atom is -0.497 e. The van der Waals surface area contributed by atoms with Crippen molar-refractivity contribution >= 4 is 23.4 Å². The van der Waals surface area contributed by atoms with Crippen LogP contribution >= 0.6 is 11.8 Å². The van der Waals surface area contributed by atoms with Gasteiger partial charge in [0.2, 0.25) is 5.91 Å². The summed E-state index contributed by atoms with van der Waals surface area (Å²) >= 11 is 1.71. The molecular formula is C16H17N3O2S. The molecule has 2 unspecified atom stereocenters. The zero-order chi connectivity index (χ0) is 15.4. The van der Waals surface area contributed by atoms with Gasteiger partial charge in [0.1, 0.15) is 5.75 Å². The van der Waals surface area contributed by atoms with Crippen LogP contribution < -0.4 is 15.4 Å². The highest BCUT2D eigenvalue weighted by atomic mass is 32.2. The molecule has 1 amide bonds.